The smallest absolute Gasteiger partial charge is 0.261 e. The molecule has 9 heteroatoms. The van der Waals surface area contributed by atoms with Gasteiger partial charge in [-0.1, -0.05) is 24.3 Å². The third-order valence-corrected chi connectivity index (χ3v) is 6.00. The summed E-state index contributed by atoms with van der Waals surface area (Å²) in [5, 5.41) is 6.29. The van der Waals surface area contributed by atoms with E-state index in [1.165, 1.54) is 6.20 Å². The summed E-state index contributed by atoms with van der Waals surface area (Å²) in [6.07, 6.45) is 4.87. The van der Waals surface area contributed by atoms with E-state index in [1.807, 2.05) is 25.2 Å². The Labute approximate surface area is 180 Å². The first-order valence-electron chi connectivity index (χ1n) is 9.74. The number of pyridine rings is 1. The quantitative estimate of drug-likeness (QED) is 0.366. The Bertz CT molecular complexity index is 1300. The molecule has 0 aliphatic carbocycles. The molecule has 0 aliphatic heterocycles. The number of rotatable bonds is 8. The van der Waals surface area contributed by atoms with Crippen molar-refractivity contribution in [2.45, 2.75) is 4.90 Å². The Hall–Kier alpha value is -3.56. The minimum absolute atomic E-state index is 0.194. The predicted octanol–water partition coefficient (Wildman–Crippen LogP) is 3.12. The van der Waals surface area contributed by atoms with Crippen LogP contribution in [0.25, 0.3) is 22.2 Å². The lowest BCUT2D eigenvalue weighted by Crippen LogP contribution is -2.18. The van der Waals surface area contributed by atoms with Crippen LogP contribution in [-0.2, 0) is 10.0 Å². The van der Waals surface area contributed by atoms with Crippen molar-refractivity contribution >= 4 is 32.6 Å². The minimum Gasteiger partial charge on any atom is -0.367 e. The zero-order valence-electron chi connectivity index (χ0n) is 16.9. The molecule has 31 heavy (non-hydrogen) atoms. The Kier molecular flexibility index (Phi) is 6.06. The SMILES string of the molecule is CNCCNc1cnc2ccc(-c3cncc(NS(=O)(=O)c4ccccc4)c3)cc2n1. The highest BCUT2D eigenvalue weighted by Crippen LogP contribution is 2.26. The molecule has 0 aliphatic rings. The van der Waals surface area contributed by atoms with Crippen molar-refractivity contribution in [3.8, 4) is 11.1 Å². The van der Waals surface area contributed by atoms with Gasteiger partial charge in [0, 0.05) is 24.8 Å². The number of hydrogen-bond donors (Lipinski definition) is 3. The molecule has 0 saturated carbocycles. The van der Waals surface area contributed by atoms with Crippen LogP contribution in [0.2, 0.25) is 0 Å². The van der Waals surface area contributed by atoms with Crippen LogP contribution in [0, 0.1) is 0 Å². The molecule has 0 amide bonds. The molecule has 0 fully saturated rings. The highest BCUT2D eigenvalue weighted by molar-refractivity contribution is 7.92. The molecule has 4 rings (SSSR count). The third-order valence-electron chi connectivity index (χ3n) is 4.60. The number of benzene rings is 2. The van der Waals surface area contributed by atoms with Gasteiger partial charge in [-0.3, -0.25) is 14.7 Å². The van der Waals surface area contributed by atoms with Crippen LogP contribution in [0.4, 0.5) is 11.5 Å². The number of nitrogens with zero attached hydrogens (tertiary/aromatic N) is 3. The van der Waals surface area contributed by atoms with Gasteiger partial charge in [-0.25, -0.2) is 13.4 Å². The Morgan fingerprint density at radius 1 is 0.871 bits per heavy atom. The van der Waals surface area contributed by atoms with Gasteiger partial charge in [-0.05, 0) is 42.9 Å². The summed E-state index contributed by atoms with van der Waals surface area (Å²) in [6.45, 7) is 1.56. The molecule has 0 bridgehead atoms. The summed E-state index contributed by atoms with van der Waals surface area (Å²) in [5.74, 6) is 0.697. The summed E-state index contributed by atoms with van der Waals surface area (Å²) in [6, 6.07) is 15.7. The Morgan fingerprint density at radius 2 is 1.71 bits per heavy atom. The topological polar surface area (TPSA) is 109 Å². The average molecular weight is 435 g/mol. The molecule has 2 aromatic heterocycles. The van der Waals surface area contributed by atoms with Crippen molar-refractivity contribution in [1.82, 2.24) is 20.3 Å². The maximum absolute atomic E-state index is 12.6. The number of aromatic nitrogens is 3. The number of hydrogen-bond acceptors (Lipinski definition) is 7. The summed E-state index contributed by atoms with van der Waals surface area (Å²) in [7, 11) is -1.80. The Balaban J connectivity index is 1.60. The van der Waals surface area contributed by atoms with Crippen molar-refractivity contribution in [1.29, 1.82) is 0 Å². The van der Waals surface area contributed by atoms with Crippen LogP contribution in [0.1, 0.15) is 0 Å². The van der Waals surface area contributed by atoms with Gasteiger partial charge in [0.2, 0.25) is 0 Å². The fourth-order valence-corrected chi connectivity index (χ4v) is 4.11. The highest BCUT2D eigenvalue weighted by Gasteiger charge is 2.14. The van der Waals surface area contributed by atoms with Gasteiger partial charge in [0.15, 0.2) is 0 Å². The number of fused-ring (bicyclic) bond motifs is 1. The molecule has 2 heterocycles. The first kappa shape index (κ1) is 20.7. The second-order valence-corrected chi connectivity index (χ2v) is 8.55. The lowest BCUT2D eigenvalue weighted by atomic mass is 10.1. The van der Waals surface area contributed by atoms with E-state index in [0.29, 0.717) is 11.5 Å². The highest BCUT2D eigenvalue weighted by atomic mass is 32.2. The van der Waals surface area contributed by atoms with E-state index in [9.17, 15) is 8.42 Å². The third kappa shape index (κ3) is 4.96. The number of likely N-dealkylation sites (N-methyl/N-ethyl adjacent to an activating group) is 1. The van der Waals surface area contributed by atoms with Crippen LogP contribution in [0.15, 0.2) is 78.1 Å². The normalized spacial score (nSPS) is 11.4. The maximum atomic E-state index is 12.6. The summed E-state index contributed by atoms with van der Waals surface area (Å²) >= 11 is 0. The second-order valence-electron chi connectivity index (χ2n) is 6.87. The van der Waals surface area contributed by atoms with Crippen LogP contribution >= 0.6 is 0 Å². The number of sulfonamides is 1. The molecular weight excluding hydrogens is 412 g/mol. The molecule has 0 spiro atoms. The van der Waals surface area contributed by atoms with Crippen LogP contribution in [0.3, 0.4) is 0 Å². The molecule has 0 saturated heterocycles. The maximum Gasteiger partial charge on any atom is 0.261 e. The zero-order valence-corrected chi connectivity index (χ0v) is 17.7. The van der Waals surface area contributed by atoms with Gasteiger partial charge >= 0.3 is 0 Å². The van der Waals surface area contributed by atoms with E-state index in [1.54, 1.807) is 48.8 Å². The lowest BCUT2D eigenvalue weighted by Gasteiger charge is -2.10. The molecular formula is C22H22N6O2S. The standard InChI is InChI=1S/C22H22N6O2S/c1-23-9-10-25-22-15-26-20-8-7-16(12-21(20)27-22)17-11-18(14-24-13-17)28-31(29,30)19-5-3-2-4-6-19/h2-8,11-15,23,28H,9-10H2,1H3,(H,25,27). The van der Waals surface area contributed by atoms with Crippen molar-refractivity contribution in [2.75, 3.05) is 30.2 Å². The first-order valence-corrected chi connectivity index (χ1v) is 11.2. The molecule has 2 aromatic carbocycles. The van der Waals surface area contributed by atoms with E-state index >= 15 is 0 Å². The minimum atomic E-state index is -3.69. The van der Waals surface area contributed by atoms with Gasteiger partial charge in [-0.15, -0.1) is 0 Å². The van der Waals surface area contributed by atoms with Crippen LogP contribution < -0.4 is 15.4 Å². The van der Waals surface area contributed by atoms with Crippen molar-refractivity contribution in [3.63, 3.8) is 0 Å². The van der Waals surface area contributed by atoms with E-state index in [2.05, 4.69) is 30.3 Å². The first-order chi connectivity index (χ1) is 15.0. The fraction of sp³-hybridized carbons (Fsp3) is 0.136. The van der Waals surface area contributed by atoms with Crippen LogP contribution in [-0.4, -0.2) is 43.5 Å². The second kappa shape index (κ2) is 9.07. The van der Waals surface area contributed by atoms with Crippen LogP contribution in [0.5, 0.6) is 0 Å². The summed E-state index contributed by atoms with van der Waals surface area (Å²) in [4.78, 5) is 13.5. The number of nitrogens with one attached hydrogen (secondary N) is 3. The largest absolute Gasteiger partial charge is 0.367 e. The zero-order chi connectivity index (χ0) is 21.7. The summed E-state index contributed by atoms with van der Waals surface area (Å²) < 4.78 is 27.8. The fourth-order valence-electron chi connectivity index (χ4n) is 3.06. The monoisotopic (exact) mass is 434 g/mol. The van der Waals surface area contributed by atoms with E-state index in [-0.39, 0.29) is 4.90 Å². The Morgan fingerprint density at radius 3 is 2.52 bits per heavy atom. The summed E-state index contributed by atoms with van der Waals surface area (Å²) in [5.41, 5.74) is 3.53. The van der Waals surface area contributed by atoms with E-state index in [4.69, 9.17) is 0 Å². The van der Waals surface area contributed by atoms with E-state index in [0.717, 1.165) is 35.2 Å². The molecule has 0 unspecified atom stereocenters. The average Bonchev–Trinajstić information content (AvgIpc) is 2.79. The van der Waals surface area contributed by atoms with E-state index < -0.39 is 10.0 Å². The van der Waals surface area contributed by atoms with Gasteiger partial charge in [0.25, 0.3) is 10.0 Å². The number of anilines is 2. The van der Waals surface area contributed by atoms with Gasteiger partial charge in [0.05, 0.1) is 34.0 Å². The molecule has 4 aromatic rings. The predicted molar refractivity (Wildman–Crippen MR) is 122 cm³/mol. The molecule has 8 nitrogen and oxygen atoms in total. The lowest BCUT2D eigenvalue weighted by molar-refractivity contribution is 0.601. The van der Waals surface area contributed by atoms with Crippen molar-refractivity contribution < 1.29 is 8.42 Å². The molecule has 0 atom stereocenters. The van der Waals surface area contributed by atoms with Gasteiger partial charge in [0.1, 0.15) is 5.82 Å². The molecule has 3 N–H and O–H groups in total. The van der Waals surface area contributed by atoms with Crippen molar-refractivity contribution in [3.05, 3.63) is 73.2 Å². The van der Waals surface area contributed by atoms with Crippen molar-refractivity contribution in [2.24, 2.45) is 0 Å². The van der Waals surface area contributed by atoms with Gasteiger partial charge < -0.3 is 10.6 Å². The molecule has 0 radical (unpaired) electrons. The molecule has 158 valence electrons. The van der Waals surface area contributed by atoms with Gasteiger partial charge in [-0.2, -0.15) is 0 Å².